The van der Waals surface area contributed by atoms with Crippen LogP contribution < -0.4 is 15.4 Å². The number of phenols is 1. The van der Waals surface area contributed by atoms with Crippen molar-refractivity contribution in [3.05, 3.63) is 72.7 Å². The van der Waals surface area contributed by atoms with Gasteiger partial charge in [0, 0.05) is 28.9 Å². The van der Waals surface area contributed by atoms with Gasteiger partial charge in [-0.05, 0) is 24.3 Å². The molecule has 29 heavy (non-hydrogen) atoms. The zero-order valence-corrected chi connectivity index (χ0v) is 15.5. The molecule has 0 aliphatic rings. The maximum atomic E-state index is 12.2. The van der Waals surface area contributed by atoms with Crippen LogP contribution in [0.5, 0.6) is 11.5 Å². The van der Waals surface area contributed by atoms with Gasteiger partial charge in [0.2, 0.25) is 5.95 Å². The van der Waals surface area contributed by atoms with E-state index in [0.29, 0.717) is 22.5 Å². The summed E-state index contributed by atoms with van der Waals surface area (Å²) in [7, 11) is 1.49. The highest BCUT2D eigenvalue weighted by molar-refractivity contribution is 6.03. The highest BCUT2D eigenvalue weighted by Gasteiger charge is 2.10. The lowest BCUT2D eigenvalue weighted by Gasteiger charge is -2.11. The second-order valence-electron chi connectivity index (χ2n) is 6.14. The number of carbonyl (C=O) groups excluding carboxylic acids is 1. The third-order valence-electron chi connectivity index (χ3n) is 4.23. The first kappa shape index (κ1) is 18.2. The fourth-order valence-electron chi connectivity index (χ4n) is 2.81. The van der Waals surface area contributed by atoms with Crippen molar-refractivity contribution in [1.29, 1.82) is 0 Å². The van der Waals surface area contributed by atoms with Crippen LogP contribution >= 0.6 is 0 Å². The SMILES string of the molecule is COc1cc2c(Nc3cnc(NC(=O)c4ccccc4)nc3)ccnc2cc1O. The predicted molar refractivity (Wildman–Crippen MR) is 110 cm³/mol. The molecule has 144 valence electrons. The Morgan fingerprint density at radius 1 is 1.03 bits per heavy atom. The number of carbonyl (C=O) groups is 1. The number of phenolic OH excluding ortho intramolecular Hbond substituents is 1. The summed E-state index contributed by atoms with van der Waals surface area (Å²) in [6, 6.07) is 13.9. The van der Waals surface area contributed by atoms with Crippen molar-refractivity contribution < 1.29 is 14.6 Å². The smallest absolute Gasteiger partial charge is 0.258 e. The molecule has 8 nitrogen and oxygen atoms in total. The molecule has 0 unspecified atom stereocenters. The number of rotatable bonds is 5. The van der Waals surface area contributed by atoms with Crippen LogP contribution in [0.2, 0.25) is 0 Å². The summed E-state index contributed by atoms with van der Waals surface area (Å²) in [6.45, 7) is 0. The molecular formula is C21H17N5O3. The molecule has 0 bridgehead atoms. The molecule has 2 aromatic carbocycles. The van der Waals surface area contributed by atoms with Crippen LogP contribution in [-0.2, 0) is 0 Å². The van der Waals surface area contributed by atoms with Crippen LogP contribution in [0.4, 0.5) is 17.3 Å². The lowest BCUT2D eigenvalue weighted by molar-refractivity contribution is 0.102. The Kier molecular flexibility index (Phi) is 4.90. The minimum atomic E-state index is -0.279. The van der Waals surface area contributed by atoms with E-state index in [1.807, 2.05) is 6.07 Å². The van der Waals surface area contributed by atoms with Gasteiger partial charge in [0.1, 0.15) is 0 Å². The number of pyridine rings is 1. The largest absolute Gasteiger partial charge is 0.504 e. The summed E-state index contributed by atoms with van der Waals surface area (Å²) in [5.74, 6) is 0.296. The number of fused-ring (bicyclic) bond motifs is 1. The molecule has 0 fully saturated rings. The molecule has 3 N–H and O–H groups in total. The monoisotopic (exact) mass is 387 g/mol. The molecule has 0 saturated heterocycles. The minimum absolute atomic E-state index is 0.0199. The summed E-state index contributed by atoms with van der Waals surface area (Å²) in [4.78, 5) is 24.8. The third-order valence-corrected chi connectivity index (χ3v) is 4.23. The number of methoxy groups -OCH3 is 1. The first-order valence-electron chi connectivity index (χ1n) is 8.75. The number of hydrogen-bond acceptors (Lipinski definition) is 7. The molecule has 2 aromatic heterocycles. The number of ether oxygens (including phenoxy) is 1. The summed E-state index contributed by atoms with van der Waals surface area (Å²) in [5.41, 5.74) is 2.51. The van der Waals surface area contributed by atoms with Gasteiger partial charge in [0.05, 0.1) is 30.7 Å². The van der Waals surface area contributed by atoms with Crippen molar-refractivity contribution >= 4 is 34.1 Å². The van der Waals surface area contributed by atoms with E-state index < -0.39 is 0 Å². The van der Waals surface area contributed by atoms with Crippen LogP contribution in [0.3, 0.4) is 0 Å². The molecule has 4 aromatic rings. The molecule has 0 atom stereocenters. The van der Waals surface area contributed by atoms with Gasteiger partial charge in [-0.15, -0.1) is 0 Å². The topological polar surface area (TPSA) is 109 Å². The predicted octanol–water partition coefficient (Wildman–Crippen LogP) is 3.73. The number of anilines is 3. The number of nitrogens with one attached hydrogen (secondary N) is 2. The Bertz CT molecular complexity index is 1160. The molecule has 2 heterocycles. The van der Waals surface area contributed by atoms with Crippen molar-refractivity contribution in [2.75, 3.05) is 17.7 Å². The first-order valence-corrected chi connectivity index (χ1v) is 8.75. The van der Waals surface area contributed by atoms with E-state index in [-0.39, 0.29) is 17.6 Å². The quantitative estimate of drug-likeness (QED) is 0.479. The Morgan fingerprint density at radius 3 is 2.52 bits per heavy atom. The Labute approximate surface area is 166 Å². The van der Waals surface area contributed by atoms with Gasteiger partial charge in [-0.3, -0.25) is 15.1 Å². The Morgan fingerprint density at radius 2 is 1.79 bits per heavy atom. The van der Waals surface area contributed by atoms with Gasteiger partial charge in [0.15, 0.2) is 11.5 Å². The second kappa shape index (κ2) is 7.81. The normalized spacial score (nSPS) is 10.5. The standard InChI is InChI=1S/C21H17N5O3/c1-29-19-9-15-16(7-8-22-17(15)10-18(19)27)25-14-11-23-21(24-12-14)26-20(28)13-5-3-2-4-6-13/h2-12,27H,1H3,(H,22,25)(H,23,24,26,28). The van der Waals surface area contributed by atoms with Crippen LogP contribution in [0, 0.1) is 0 Å². The maximum Gasteiger partial charge on any atom is 0.258 e. The molecular weight excluding hydrogens is 370 g/mol. The molecule has 8 heteroatoms. The first-order chi connectivity index (χ1) is 14.1. The Balaban J connectivity index is 1.54. The number of hydrogen-bond donors (Lipinski definition) is 3. The molecule has 1 amide bonds. The van der Waals surface area contributed by atoms with E-state index in [2.05, 4.69) is 25.6 Å². The highest BCUT2D eigenvalue weighted by atomic mass is 16.5. The van der Waals surface area contributed by atoms with Gasteiger partial charge in [-0.1, -0.05) is 18.2 Å². The average Bonchev–Trinajstić information content (AvgIpc) is 2.75. The third kappa shape index (κ3) is 3.91. The van der Waals surface area contributed by atoms with Crippen LogP contribution in [0.25, 0.3) is 10.9 Å². The molecule has 0 radical (unpaired) electrons. The summed E-state index contributed by atoms with van der Waals surface area (Å²) < 4.78 is 5.18. The van der Waals surface area contributed by atoms with Gasteiger partial charge < -0.3 is 15.2 Å². The van der Waals surface area contributed by atoms with E-state index in [4.69, 9.17) is 4.74 Å². The fourth-order valence-corrected chi connectivity index (χ4v) is 2.81. The van der Waals surface area contributed by atoms with Crippen molar-refractivity contribution in [2.45, 2.75) is 0 Å². The minimum Gasteiger partial charge on any atom is -0.504 e. The number of benzene rings is 2. The van der Waals surface area contributed by atoms with Crippen molar-refractivity contribution in [3.8, 4) is 11.5 Å². The van der Waals surface area contributed by atoms with Crippen LogP contribution in [-0.4, -0.2) is 33.1 Å². The van der Waals surface area contributed by atoms with Gasteiger partial charge in [-0.2, -0.15) is 0 Å². The number of amides is 1. The number of aromatic nitrogens is 3. The molecule has 4 rings (SSSR count). The lowest BCUT2D eigenvalue weighted by atomic mass is 10.1. The van der Waals surface area contributed by atoms with Crippen LogP contribution in [0.15, 0.2) is 67.1 Å². The fraction of sp³-hybridized carbons (Fsp3) is 0.0476. The summed E-state index contributed by atoms with van der Waals surface area (Å²) in [5, 5.41) is 16.6. The van der Waals surface area contributed by atoms with Crippen LogP contribution in [0.1, 0.15) is 10.4 Å². The van der Waals surface area contributed by atoms with E-state index in [0.717, 1.165) is 11.1 Å². The van der Waals surface area contributed by atoms with E-state index in [9.17, 15) is 9.90 Å². The lowest BCUT2D eigenvalue weighted by Crippen LogP contribution is -2.13. The van der Waals surface area contributed by atoms with Gasteiger partial charge >= 0.3 is 0 Å². The molecule has 0 spiro atoms. The zero-order valence-electron chi connectivity index (χ0n) is 15.5. The number of aromatic hydroxyl groups is 1. The van der Waals surface area contributed by atoms with Crippen molar-refractivity contribution in [3.63, 3.8) is 0 Å². The highest BCUT2D eigenvalue weighted by Crippen LogP contribution is 2.34. The van der Waals surface area contributed by atoms with E-state index in [1.165, 1.54) is 13.2 Å². The van der Waals surface area contributed by atoms with Crippen molar-refractivity contribution in [2.24, 2.45) is 0 Å². The summed E-state index contributed by atoms with van der Waals surface area (Å²) >= 11 is 0. The van der Waals surface area contributed by atoms with Crippen molar-refractivity contribution in [1.82, 2.24) is 15.0 Å². The molecule has 0 aliphatic carbocycles. The zero-order chi connectivity index (χ0) is 20.2. The second-order valence-corrected chi connectivity index (χ2v) is 6.14. The van der Waals surface area contributed by atoms with E-state index in [1.54, 1.807) is 55.0 Å². The van der Waals surface area contributed by atoms with Gasteiger partial charge in [-0.25, -0.2) is 9.97 Å². The number of nitrogens with zero attached hydrogens (tertiary/aromatic N) is 3. The Hall–Kier alpha value is -4.20. The van der Waals surface area contributed by atoms with E-state index >= 15 is 0 Å². The maximum absolute atomic E-state index is 12.2. The molecule has 0 saturated carbocycles. The molecule has 0 aliphatic heterocycles. The van der Waals surface area contributed by atoms with Gasteiger partial charge in [0.25, 0.3) is 5.91 Å². The average molecular weight is 387 g/mol. The summed E-state index contributed by atoms with van der Waals surface area (Å²) in [6.07, 6.45) is 4.76.